The first-order valence-corrected chi connectivity index (χ1v) is 9.17. The number of rotatable bonds is 8. The van der Waals surface area contributed by atoms with Crippen LogP contribution >= 0.6 is 0 Å². The summed E-state index contributed by atoms with van der Waals surface area (Å²) >= 11 is 0. The summed E-state index contributed by atoms with van der Waals surface area (Å²) in [5.41, 5.74) is 12.7. The highest BCUT2D eigenvalue weighted by Crippen LogP contribution is 2.30. The Morgan fingerprint density at radius 2 is 1.86 bits per heavy atom. The van der Waals surface area contributed by atoms with Crippen molar-refractivity contribution < 1.29 is 9.59 Å². The quantitative estimate of drug-likeness (QED) is 0.271. The molecule has 146 valence electrons. The number of amides is 2. The van der Waals surface area contributed by atoms with Gasteiger partial charge >= 0.3 is 0 Å². The Kier molecular flexibility index (Phi) is 5.96. The molecule has 0 aliphatic heterocycles. The van der Waals surface area contributed by atoms with E-state index < -0.39 is 0 Å². The number of carbonyl (C=O) groups is 2. The lowest BCUT2D eigenvalue weighted by Gasteiger charge is -2.10. The lowest BCUT2D eigenvalue weighted by molar-refractivity contribution is -0.121. The molecular formula is C21H25N5O2. The zero-order valence-corrected chi connectivity index (χ0v) is 15.9. The summed E-state index contributed by atoms with van der Waals surface area (Å²) in [6, 6.07) is 16.2. The number of aromatic nitrogens is 1. The summed E-state index contributed by atoms with van der Waals surface area (Å²) in [4.78, 5) is 22.9. The third-order valence-corrected chi connectivity index (χ3v) is 4.83. The first kappa shape index (κ1) is 19.4. The number of nitrogens with one attached hydrogen (secondary N) is 2. The third-order valence-electron chi connectivity index (χ3n) is 4.83. The van der Waals surface area contributed by atoms with Crippen molar-refractivity contribution in [3.63, 3.8) is 0 Å². The molecule has 1 heterocycles. The van der Waals surface area contributed by atoms with Crippen LogP contribution in [0.2, 0.25) is 0 Å². The van der Waals surface area contributed by atoms with E-state index in [1.165, 1.54) is 5.56 Å². The summed E-state index contributed by atoms with van der Waals surface area (Å²) in [7, 11) is 0. The van der Waals surface area contributed by atoms with Gasteiger partial charge in [0.1, 0.15) is 0 Å². The fourth-order valence-corrected chi connectivity index (χ4v) is 3.42. The molecule has 0 fully saturated rings. The number of nitrogens with two attached hydrogens (primary N) is 2. The summed E-state index contributed by atoms with van der Waals surface area (Å²) < 4.78 is 2.20. The van der Waals surface area contributed by atoms with E-state index >= 15 is 0 Å². The van der Waals surface area contributed by atoms with Crippen molar-refractivity contribution in [1.82, 2.24) is 9.99 Å². The molecule has 0 bridgehead atoms. The largest absolute Gasteiger partial charge is 0.385 e. The number of hydrogen-bond donors (Lipinski definition) is 4. The van der Waals surface area contributed by atoms with Gasteiger partial charge in [0.25, 0.3) is 0 Å². The molecule has 2 amide bonds. The van der Waals surface area contributed by atoms with Gasteiger partial charge in [0.2, 0.25) is 11.8 Å². The lowest BCUT2D eigenvalue weighted by atomic mass is 10.1. The van der Waals surface area contributed by atoms with E-state index in [0.29, 0.717) is 13.1 Å². The second kappa shape index (κ2) is 8.58. The molecule has 0 radical (unpaired) electrons. The smallest absolute Gasteiger partial charge is 0.235 e. The zero-order chi connectivity index (χ0) is 20.1. The normalized spacial score (nSPS) is 10.8. The monoisotopic (exact) mass is 379 g/mol. The van der Waals surface area contributed by atoms with Gasteiger partial charge in [0.05, 0.1) is 6.42 Å². The van der Waals surface area contributed by atoms with E-state index in [9.17, 15) is 9.59 Å². The van der Waals surface area contributed by atoms with Crippen molar-refractivity contribution >= 4 is 28.4 Å². The molecular weight excluding hydrogens is 354 g/mol. The molecule has 2 aromatic carbocycles. The van der Waals surface area contributed by atoms with Crippen LogP contribution in [0.3, 0.4) is 0 Å². The van der Waals surface area contributed by atoms with Gasteiger partial charge in [-0.05, 0) is 36.2 Å². The SMILES string of the molecule is Cc1c(CC(N)=O)c2cc(NCCC(=O)NN)ccc2n1Cc1ccccc1. The van der Waals surface area contributed by atoms with Crippen LogP contribution in [-0.2, 0) is 22.6 Å². The number of carbonyl (C=O) groups excluding carboxylic acids is 2. The van der Waals surface area contributed by atoms with Gasteiger partial charge in [-0.1, -0.05) is 30.3 Å². The van der Waals surface area contributed by atoms with Crippen molar-refractivity contribution in [1.29, 1.82) is 0 Å². The zero-order valence-electron chi connectivity index (χ0n) is 15.9. The van der Waals surface area contributed by atoms with E-state index in [2.05, 4.69) is 27.4 Å². The highest BCUT2D eigenvalue weighted by Gasteiger charge is 2.16. The molecule has 3 aromatic rings. The minimum absolute atomic E-state index is 0.184. The van der Waals surface area contributed by atoms with Gasteiger partial charge in [0.15, 0.2) is 0 Å². The summed E-state index contributed by atoms with van der Waals surface area (Å²) in [6.45, 7) is 3.19. The molecule has 0 unspecified atom stereocenters. The molecule has 7 heteroatoms. The second-order valence-electron chi connectivity index (χ2n) is 6.76. The van der Waals surface area contributed by atoms with Gasteiger partial charge in [0, 0.05) is 41.8 Å². The number of hydrogen-bond acceptors (Lipinski definition) is 4. The third kappa shape index (κ3) is 4.32. The molecule has 6 N–H and O–H groups in total. The van der Waals surface area contributed by atoms with Gasteiger partial charge in [-0.25, -0.2) is 5.84 Å². The molecule has 0 aliphatic rings. The molecule has 0 atom stereocenters. The summed E-state index contributed by atoms with van der Waals surface area (Å²) in [5.74, 6) is 4.51. The minimum Gasteiger partial charge on any atom is -0.385 e. The van der Waals surface area contributed by atoms with Crippen molar-refractivity contribution in [3.05, 3.63) is 65.4 Å². The number of hydrazine groups is 1. The first-order valence-electron chi connectivity index (χ1n) is 9.17. The van der Waals surface area contributed by atoms with Crippen molar-refractivity contribution in [2.45, 2.75) is 26.3 Å². The van der Waals surface area contributed by atoms with Crippen LogP contribution in [0.1, 0.15) is 23.2 Å². The predicted octanol–water partition coefficient (Wildman–Crippen LogP) is 1.82. The molecule has 28 heavy (non-hydrogen) atoms. The molecule has 0 spiro atoms. The van der Waals surface area contributed by atoms with Gasteiger partial charge < -0.3 is 15.6 Å². The Balaban J connectivity index is 1.96. The minimum atomic E-state index is -0.361. The van der Waals surface area contributed by atoms with E-state index in [0.717, 1.165) is 27.8 Å². The van der Waals surface area contributed by atoms with Gasteiger partial charge in [-0.3, -0.25) is 15.0 Å². The Bertz CT molecular complexity index is 995. The van der Waals surface area contributed by atoms with Crippen LogP contribution in [0.15, 0.2) is 48.5 Å². The van der Waals surface area contributed by atoms with E-state index in [-0.39, 0.29) is 24.7 Å². The average Bonchev–Trinajstić information content (AvgIpc) is 2.93. The van der Waals surface area contributed by atoms with Gasteiger partial charge in [-0.15, -0.1) is 0 Å². The van der Waals surface area contributed by atoms with Crippen LogP contribution in [0.5, 0.6) is 0 Å². The number of nitrogens with zero attached hydrogens (tertiary/aromatic N) is 1. The molecule has 0 saturated heterocycles. The van der Waals surface area contributed by atoms with E-state index in [1.54, 1.807) is 0 Å². The molecule has 0 aliphatic carbocycles. The molecule has 7 nitrogen and oxygen atoms in total. The molecule has 3 rings (SSSR count). The molecule has 1 aromatic heterocycles. The topological polar surface area (TPSA) is 115 Å². The maximum absolute atomic E-state index is 11.6. The van der Waals surface area contributed by atoms with E-state index in [1.807, 2.05) is 43.3 Å². The fourth-order valence-electron chi connectivity index (χ4n) is 3.42. The molecule has 0 saturated carbocycles. The maximum atomic E-state index is 11.6. The number of primary amides is 1. The Labute approximate surface area is 163 Å². The highest BCUT2D eigenvalue weighted by atomic mass is 16.2. The lowest BCUT2D eigenvalue weighted by Crippen LogP contribution is -2.31. The van der Waals surface area contributed by atoms with Crippen molar-refractivity contribution in [2.75, 3.05) is 11.9 Å². The second-order valence-corrected chi connectivity index (χ2v) is 6.76. The van der Waals surface area contributed by atoms with Crippen LogP contribution in [0.4, 0.5) is 5.69 Å². The Hall–Kier alpha value is -3.32. The van der Waals surface area contributed by atoms with E-state index in [4.69, 9.17) is 11.6 Å². The number of benzene rings is 2. The van der Waals surface area contributed by atoms with Gasteiger partial charge in [-0.2, -0.15) is 0 Å². The highest BCUT2D eigenvalue weighted by molar-refractivity contribution is 5.92. The van der Waals surface area contributed by atoms with Crippen LogP contribution < -0.4 is 22.3 Å². The average molecular weight is 379 g/mol. The van der Waals surface area contributed by atoms with Crippen molar-refractivity contribution in [2.24, 2.45) is 11.6 Å². The standard InChI is InChI=1S/C21H25N5O2/c1-14-17(12-20(22)27)18-11-16(24-10-9-21(28)25-23)7-8-19(18)26(14)13-15-5-3-2-4-6-15/h2-8,11,24H,9-10,12-13,23H2,1H3,(H2,22,27)(H,25,28). The summed E-state index contributed by atoms with van der Waals surface area (Å²) in [5, 5.41) is 4.21. The Morgan fingerprint density at radius 1 is 1.11 bits per heavy atom. The first-order chi connectivity index (χ1) is 13.5. The van der Waals surface area contributed by atoms with Crippen LogP contribution in [0, 0.1) is 6.92 Å². The fraction of sp³-hybridized carbons (Fsp3) is 0.238. The maximum Gasteiger partial charge on any atom is 0.235 e. The summed E-state index contributed by atoms with van der Waals surface area (Å²) in [6.07, 6.45) is 0.458. The Morgan fingerprint density at radius 3 is 2.54 bits per heavy atom. The number of fused-ring (bicyclic) bond motifs is 1. The van der Waals surface area contributed by atoms with Crippen LogP contribution in [-0.4, -0.2) is 22.9 Å². The predicted molar refractivity (Wildman–Crippen MR) is 111 cm³/mol. The number of anilines is 1. The van der Waals surface area contributed by atoms with Crippen LogP contribution in [0.25, 0.3) is 10.9 Å². The van der Waals surface area contributed by atoms with Crippen molar-refractivity contribution in [3.8, 4) is 0 Å².